The summed E-state index contributed by atoms with van der Waals surface area (Å²) in [6.07, 6.45) is 2.80. The Morgan fingerprint density at radius 3 is 2.57 bits per heavy atom. The highest BCUT2D eigenvalue weighted by Crippen LogP contribution is 2.13. The standard InChI is InChI=1S/C18H28N4O/c1-2-6-16-13-17(23)20-18(19-16)22-11-9-21(10-12-22)14-15-7-4-3-5-8-15/h3-5,7-8,16,18-19H,2,6,9-14H2,1H3,(H,20,23). The smallest absolute Gasteiger partial charge is 0.223 e. The Bertz CT molecular complexity index is 499. The molecule has 1 aromatic carbocycles. The summed E-state index contributed by atoms with van der Waals surface area (Å²) in [6.45, 7) is 7.25. The Hall–Kier alpha value is -1.43. The van der Waals surface area contributed by atoms with Gasteiger partial charge in [-0.05, 0) is 12.0 Å². The van der Waals surface area contributed by atoms with Crippen molar-refractivity contribution in [3.05, 3.63) is 35.9 Å². The van der Waals surface area contributed by atoms with E-state index >= 15 is 0 Å². The minimum Gasteiger partial charge on any atom is -0.328 e. The van der Waals surface area contributed by atoms with Crippen molar-refractivity contribution in [2.24, 2.45) is 0 Å². The summed E-state index contributed by atoms with van der Waals surface area (Å²) in [5.41, 5.74) is 1.37. The van der Waals surface area contributed by atoms with Crippen LogP contribution in [-0.2, 0) is 11.3 Å². The second-order valence-corrected chi connectivity index (χ2v) is 6.62. The van der Waals surface area contributed by atoms with E-state index in [2.05, 4.69) is 57.7 Å². The fourth-order valence-electron chi connectivity index (χ4n) is 3.51. The van der Waals surface area contributed by atoms with E-state index in [1.165, 1.54) is 5.56 Å². The number of carbonyl (C=O) groups excluding carboxylic acids is 1. The predicted molar refractivity (Wildman–Crippen MR) is 91.7 cm³/mol. The van der Waals surface area contributed by atoms with Crippen LogP contribution in [0.1, 0.15) is 31.7 Å². The van der Waals surface area contributed by atoms with Crippen LogP contribution in [0, 0.1) is 0 Å². The summed E-state index contributed by atoms with van der Waals surface area (Å²) in [5, 5.41) is 6.69. The number of piperazine rings is 1. The number of hydrogen-bond donors (Lipinski definition) is 2. The third kappa shape index (κ3) is 4.53. The van der Waals surface area contributed by atoms with E-state index in [9.17, 15) is 4.79 Å². The van der Waals surface area contributed by atoms with Gasteiger partial charge in [0.1, 0.15) is 6.29 Å². The second-order valence-electron chi connectivity index (χ2n) is 6.62. The Labute approximate surface area is 139 Å². The number of hydrogen-bond acceptors (Lipinski definition) is 4. The maximum absolute atomic E-state index is 11.9. The summed E-state index contributed by atoms with van der Waals surface area (Å²) in [4.78, 5) is 16.8. The van der Waals surface area contributed by atoms with E-state index in [0.29, 0.717) is 12.5 Å². The van der Waals surface area contributed by atoms with Crippen molar-refractivity contribution in [2.75, 3.05) is 26.2 Å². The molecule has 2 aliphatic rings. The first kappa shape index (κ1) is 16.4. The van der Waals surface area contributed by atoms with Gasteiger partial charge in [0.05, 0.1) is 0 Å². The Kier molecular flexibility index (Phi) is 5.65. The van der Waals surface area contributed by atoms with Gasteiger partial charge in [-0.2, -0.15) is 0 Å². The van der Waals surface area contributed by atoms with Crippen molar-refractivity contribution in [3.8, 4) is 0 Å². The monoisotopic (exact) mass is 316 g/mol. The number of rotatable bonds is 5. The molecule has 0 saturated carbocycles. The molecule has 1 amide bonds. The zero-order valence-corrected chi connectivity index (χ0v) is 14.0. The average molecular weight is 316 g/mol. The van der Waals surface area contributed by atoms with Gasteiger partial charge in [0.15, 0.2) is 0 Å². The average Bonchev–Trinajstić information content (AvgIpc) is 2.56. The third-order valence-electron chi connectivity index (χ3n) is 4.78. The third-order valence-corrected chi connectivity index (χ3v) is 4.78. The van der Waals surface area contributed by atoms with Crippen molar-refractivity contribution in [3.63, 3.8) is 0 Å². The molecular weight excluding hydrogens is 288 g/mol. The second kappa shape index (κ2) is 7.90. The van der Waals surface area contributed by atoms with E-state index in [-0.39, 0.29) is 12.2 Å². The molecule has 5 nitrogen and oxygen atoms in total. The van der Waals surface area contributed by atoms with Gasteiger partial charge >= 0.3 is 0 Å². The summed E-state index contributed by atoms with van der Waals surface area (Å²) >= 11 is 0. The fraction of sp³-hybridized carbons (Fsp3) is 0.611. The molecule has 23 heavy (non-hydrogen) atoms. The minimum absolute atomic E-state index is 0.00618. The highest BCUT2D eigenvalue weighted by Gasteiger charge is 2.31. The molecule has 126 valence electrons. The maximum atomic E-state index is 11.9. The number of nitrogens with zero attached hydrogens (tertiary/aromatic N) is 2. The molecule has 0 bridgehead atoms. The minimum atomic E-state index is 0.00618. The first-order chi connectivity index (χ1) is 11.2. The van der Waals surface area contributed by atoms with Crippen LogP contribution in [0.2, 0.25) is 0 Å². The van der Waals surface area contributed by atoms with Crippen molar-refractivity contribution in [2.45, 2.75) is 45.1 Å². The van der Waals surface area contributed by atoms with Gasteiger partial charge in [-0.3, -0.25) is 19.9 Å². The van der Waals surface area contributed by atoms with Crippen LogP contribution in [-0.4, -0.2) is 54.2 Å². The van der Waals surface area contributed by atoms with Crippen LogP contribution in [0.5, 0.6) is 0 Å². The maximum Gasteiger partial charge on any atom is 0.223 e. The van der Waals surface area contributed by atoms with Crippen LogP contribution in [0.4, 0.5) is 0 Å². The Morgan fingerprint density at radius 2 is 1.87 bits per heavy atom. The lowest BCUT2D eigenvalue weighted by atomic mass is 10.1. The van der Waals surface area contributed by atoms with E-state index < -0.39 is 0 Å². The van der Waals surface area contributed by atoms with Crippen LogP contribution >= 0.6 is 0 Å². The molecule has 2 heterocycles. The lowest BCUT2D eigenvalue weighted by Crippen LogP contribution is -2.66. The highest BCUT2D eigenvalue weighted by atomic mass is 16.2. The van der Waals surface area contributed by atoms with E-state index in [1.807, 2.05) is 0 Å². The Balaban J connectivity index is 1.49. The molecule has 0 spiro atoms. The zero-order chi connectivity index (χ0) is 16.1. The highest BCUT2D eigenvalue weighted by molar-refractivity contribution is 5.77. The molecule has 5 heteroatoms. The van der Waals surface area contributed by atoms with Gasteiger partial charge in [0, 0.05) is 45.2 Å². The summed E-state index contributed by atoms with van der Waals surface area (Å²) in [6, 6.07) is 10.9. The molecule has 0 aromatic heterocycles. The summed E-state index contributed by atoms with van der Waals surface area (Å²) in [7, 11) is 0. The predicted octanol–water partition coefficient (Wildman–Crippen LogP) is 1.37. The number of carbonyl (C=O) groups is 1. The van der Waals surface area contributed by atoms with Gasteiger partial charge in [0.25, 0.3) is 0 Å². The summed E-state index contributed by atoms with van der Waals surface area (Å²) < 4.78 is 0. The molecule has 0 radical (unpaired) electrons. The van der Waals surface area contributed by atoms with Crippen LogP contribution in [0.3, 0.4) is 0 Å². The van der Waals surface area contributed by atoms with Gasteiger partial charge in [-0.15, -0.1) is 0 Å². The molecular formula is C18H28N4O. The lowest BCUT2D eigenvalue weighted by Gasteiger charge is -2.43. The molecule has 2 fully saturated rings. The number of nitrogens with one attached hydrogen (secondary N) is 2. The lowest BCUT2D eigenvalue weighted by molar-refractivity contribution is -0.127. The first-order valence-corrected chi connectivity index (χ1v) is 8.80. The molecule has 2 saturated heterocycles. The fourth-order valence-corrected chi connectivity index (χ4v) is 3.51. The SMILES string of the molecule is CCCC1CC(=O)NC(N2CCN(Cc3ccccc3)CC2)N1. The first-order valence-electron chi connectivity index (χ1n) is 8.80. The van der Waals surface area contributed by atoms with Gasteiger partial charge in [-0.25, -0.2) is 0 Å². The van der Waals surface area contributed by atoms with E-state index in [0.717, 1.165) is 45.6 Å². The van der Waals surface area contributed by atoms with Crippen LogP contribution < -0.4 is 10.6 Å². The quantitative estimate of drug-likeness (QED) is 0.861. The molecule has 2 atom stereocenters. The van der Waals surface area contributed by atoms with Crippen molar-refractivity contribution in [1.29, 1.82) is 0 Å². The number of amides is 1. The molecule has 0 aliphatic carbocycles. The largest absolute Gasteiger partial charge is 0.328 e. The van der Waals surface area contributed by atoms with Crippen molar-refractivity contribution in [1.82, 2.24) is 20.4 Å². The molecule has 2 aliphatic heterocycles. The molecule has 3 rings (SSSR count). The van der Waals surface area contributed by atoms with Gasteiger partial charge < -0.3 is 5.32 Å². The normalized spacial score (nSPS) is 26.9. The zero-order valence-electron chi connectivity index (χ0n) is 14.0. The molecule has 2 N–H and O–H groups in total. The van der Waals surface area contributed by atoms with Crippen LogP contribution in [0.15, 0.2) is 30.3 Å². The number of benzene rings is 1. The van der Waals surface area contributed by atoms with Crippen molar-refractivity contribution >= 4 is 5.91 Å². The van der Waals surface area contributed by atoms with Gasteiger partial charge in [-0.1, -0.05) is 43.7 Å². The van der Waals surface area contributed by atoms with E-state index in [1.54, 1.807) is 0 Å². The Morgan fingerprint density at radius 1 is 1.13 bits per heavy atom. The topological polar surface area (TPSA) is 47.6 Å². The summed E-state index contributed by atoms with van der Waals surface area (Å²) in [5.74, 6) is 0.180. The molecule has 1 aromatic rings. The van der Waals surface area contributed by atoms with E-state index in [4.69, 9.17) is 0 Å². The van der Waals surface area contributed by atoms with Gasteiger partial charge in [0.2, 0.25) is 5.91 Å². The van der Waals surface area contributed by atoms with Crippen molar-refractivity contribution < 1.29 is 4.79 Å². The molecule has 2 unspecified atom stereocenters. The van der Waals surface area contributed by atoms with Crippen LogP contribution in [0.25, 0.3) is 0 Å².